The molecule has 1 N–H and O–H groups in total. The van der Waals surface area contributed by atoms with Gasteiger partial charge < -0.3 is 10.1 Å². The highest BCUT2D eigenvalue weighted by atomic mass is 32.2. The van der Waals surface area contributed by atoms with Gasteiger partial charge in [-0.15, -0.1) is 0 Å². The maximum Gasteiger partial charge on any atom is 0.249 e. The first-order chi connectivity index (χ1) is 8.86. The zero-order chi connectivity index (χ0) is 14.5. The number of nitrogens with one attached hydrogen (secondary N) is 1. The van der Waals surface area contributed by atoms with Gasteiger partial charge in [-0.25, -0.2) is 8.42 Å². The third-order valence-electron chi connectivity index (χ3n) is 3.36. The average molecular weight is 292 g/mol. The van der Waals surface area contributed by atoms with Crippen LogP contribution in [0.15, 0.2) is 0 Å². The van der Waals surface area contributed by atoms with E-state index in [9.17, 15) is 13.2 Å². The van der Waals surface area contributed by atoms with Crippen LogP contribution < -0.4 is 5.32 Å². The Kier molecular flexibility index (Phi) is 6.22. The first-order valence-corrected chi connectivity index (χ1v) is 8.57. The van der Waals surface area contributed by atoms with E-state index in [1.165, 1.54) is 10.6 Å². The summed E-state index contributed by atoms with van der Waals surface area (Å²) in [6.45, 7) is 5.04. The highest BCUT2D eigenvalue weighted by Crippen LogP contribution is 2.12. The molecule has 0 aromatic carbocycles. The number of rotatable bonds is 7. The van der Waals surface area contributed by atoms with Gasteiger partial charge in [0.1, 0.15) is 6.10 Å². The van der Waals surface area contributed by atoms with Crippen molar-refractivity contribution in [3.05, 3.63) is 0 Å². The Morgan fingerprint density at radius 2 is 2.21 bits per heavy atom. The smallest absolute Gasteiger partial charge is 0.249 e. The Bertz CT molecular complexity index is 391. The Hall–Kier alpha value is -0.660. The van der Waals surface area contributed by atoms with E-state index in [0.717, 1.165) is 19.3 Å². The molecule has 112 valence electrons. The summed E-state index contributed by atoms with van der Waals surface area (Å²) in [4.78, 5) is 11.7. The van der Waals surface area contributed by atoms with E-state index in [0.29, 0.717) is 19.7 Å². The molecule has 0 bridgehead atoms. The van der Waals surface area contributed by atoms with E-state index in [-0.39, 0.29) is 18.1 Å². The van der Waals surface area contributed by atoms with Crippen LogP contribution in [0.4, 0.5) is 0 Å². The number of carbonyl (C=O) groups is 1. The second-order valence-corrected chi connectivity index (χ2v) is 6.86. The van der Waals surface area contributed by atoms with Crippen LogP contribution in [0.2, 0.25) is 0 Å². The van der Waals surface area contributed by atoms with Crippen molar-refractivity contribution < 1.29 is 17.9 Å². The maximum atomic E-state index is 11.7. The summed E-state index contributed by atoms with van der Waals surface area (Å²) in [7, 11) is -3.24. The Morgan fingerprint density at radius 3 is 2.68 bits per heavy atom. The molecule has 1 fully saturated rings. The lowest BCUT2D eigenvalue weighted by Crippen LogP contribution is -2.44. The van der Waals surface area contributed by atoms with Crippen LogP contribution in [-0.2, 0) is 19.6 Å². The summed E-state index contributed by atoms with van der Waals surface area (Å²) in [5, 5.41) is 2.74. The first kappa shape index (κ1) is 16.4. The van der Waals surface area contributed by atoms with Crippen molar-refractivity contribution in [2.75, 3.05) is 26.0 Å². The van der Waals surface area contributed by atoms with Gasteiger partial charge in [-0.05, 0) is 26.2 Å². The monoisotopic (exact) mass is 292 g/mol. The topological polar surface area (TPSA) is 75.7 Å². The number of amides is 1. The quantitative estimate of drug-likeness (QED) is 0.734. The number of hydrogen-bond acceptors (Lipinski definition) is 4. The van der Waals surface area contributed by atoms with E-state index >= 15 is 0 Å². The van der Waals surface area contributed by atoms with Gasteiger partial charge in [-0.1, -0.05) is 6.92 Å². The molecule has 0 aromatic rings. The van der Waals surface area contributed by atoms with Gasteiger partial charge >= 0.3 is 0 Å². The number of carbonyl (C=O) groups excluding carboxylic acids is 1. The molecule has 2 atom stereocenters. The zero-order valence-electron chi connectivity index (χ0n) is 11.9. The molecule has 1 amide bonds. The molecule has 1 rings (SSSR count). The van der Waals surface area contributed by atoms with Crippen LogP contribution >= 0.6 is 0 Å². The van der Waals surface area contributed by atoms with Crippen molar-refractivity contribution in [1.82, 2.24) is 9.62 Å². The van der Waals surface area contributed by atoms with Gasteiger partial charge in [0, 0.05) is 25.7 Å². The fourth-order valence-electron chi connectivity index (χ4n) is 2.10. The van der Waals surface area contributed by atoms with Gasteiger partial charge in [-0.3, -0.25) is 4.79 Å². The molecule has 1 heterocycles. The lowest BCUT2D eigenvalue weighted by atomic mass is 10.2. The molecule has 6 nitrogen and oxygen atoms in total. The van der Waals surface area contributed by atoms with E-state index in [2.05, 4.69) is 5.32 Å². The number of hydrogen-bond donors (Lipinski definition) is 1. The molecule has 0 saturated carbocycles. The standard InChI is InChI=1S/C12H24N2O4S/c1-4-10(2)14(19(3,16)17)8-7-13-12(15)11-6-5-9-18-11/h10-11H,4-9H2,1-3H3,(H,13,15). The highest BCUT2D eigenvalue weighted by Gasteiger charge is 2.25. The van der Waals surface area contributed by atoms with Crippen LogP contribution in [0.5, 0.6) is 0 Å². The fraction of sp³-hybridized carbons (Fsp3) is 0.917. The van der Waals surface area contributed by atoms with Crippen molar-refractivity contribution in [2.24, 2.45) is 0 Å². The highest BCUT2D eigenvalue weighted by molar-refractivity contribution is 7.88. The minimum atomic E-state index is -3.24. The van der Waals surface area contributed by atoms with Crippen molar-refractivity contribution in [1.29, 1.82) is 0 Å². The molecule has 19 heavy (non-hydrogen) atoms. The molecule has 1 saturated heterocycles. The largest absolute Gasteiger partial charge is 0.368 e. The average Bonchev–Trinajstić information content (AvgIpc) is 2.85. The molecular formula is C12H24N2O4S. The molecule has 0 spiro atoms. The second-order valence-electron chi connectivity index (χ2n) is 4.92. The van der Waals surface area contributed by atoms with E-state index in [4.69, 9.17) is 4.74 Å². The van der Waals surface area contributed by atoms with Gasteiger partial charge in [-0.2, -0.15) is 4.31 Å². The molecule has 7 heteroatoms. The maximum absolute atomic E-state index is 11.7. The third-order valence-corrected chi connectivity index (χ3v) is 4.76. The SMILES string of the molecule is CCC(C)N(CCNC(=O)C1CCCO1)S(C)(=O)=O. The van der Waals surface area contributed by atoms with Crippen LogP contribution in [0.25, 0.3) is 0 Å². The predicted octanol–water partition coefficient (Wildman–Crippen LogP) is 0.342. The molecule has 0 aromatic heterocycles. The van der Waals surface area contributed by atoms with E-state index in [1.54, 1.807) is 0 Å². The van der Waals surface area contributed by atoms with Gasteiger partial charge in [0.25, 0.3) is 0 Å². The Balaban J connectivity index is 2.42. The Morgan fingerprint density at radius 1 is 1.53 bits per heavy atom. The molecular weight excluding hydrogens is 268 g/mol. The normalized spacial score (nSPS) is 21.6. The van der Waals surface area contributed by atoms with E-state index < -0.39 is 10.0 Å². The summed E-state index contributed by atoms with van der Waals surface area (Å²) >= 11 is 0. The van der Waals surface area contributed by atoms with Crippen LogP contribution in [0, 0.1) is 0 Å². The fourth-order valence-corrected chi connectivity index (χ4v) is 3.33. The predicted molar refractivity (Wildman–Crippen MR) is 73.3 cm³/mol. The van der Waals surface area contributed by atoms with Crippen molar-refractivity contribution in [3.8, 4) is 0 Å². The number of ether oxygens (including phenoxy) is 1. The summed E-state index contributed by atoms with van der Waals surface area (Å²) in [5.74, 6) is -0.143. The summed E-state index contributed by atoms with van der Waals surface area (Å²) in [5.41, 5.74) is 0. The first-order valence-electron chi connectivity index (χ1n) is 6.72. The lowest BCUT2D eigenvalue weighted by Gasteiger charge is -2.26. The Labute approximate surface area is 115 Å². The second kappa shape index (κ2) is 7.21. The minimum absolute atomic E-state index is 0.0605. The molecule has 2 unspecified atom stereocenters. The van der Waals surface area contributed by atoms with Crippen molar-refractivity contribution in [2.45, 2.75) is 45.3 Å². The molecule has 1 aliphatic rings. The van der Waals surface area contributed by atoms with Crippen LogP contribution in [0.1, 0.15) is 33.1 Å². The summed E-state index contributed by atoms with van der Waals surface area (Å²) in [6, 6.07) is -0.0605. The number of sulfonamides is 1. The lowest BCUT2D eigenvalue weighted by molar-refractivity contribution is -0.130. The van der Waals surface area contributed by atoms with Gasteiger partial charge in [0.15, 0.2) is 0 Å². The molecule has 1 aliphatic heterocycles. The minimum Gasteiger partial charge on any atom is -0.368 e. The van der Waals surface area contributed by atoms with Crippen LogP contribution in [-0.4, -0.2) is 56.7 Å². The summed E-state index contributed by atoms with van der Waals surface area (Å²) < 4.78 is 30.0. The van der Waals surface area contributed by atoms with Crippen molar-refractivity contribution in [3.63, 3.8) is 0 Å². The number of nitrogens with zero attached hydrogens (tertiary/aromatic N) is 1. The van der Waals surface area contributed by atoms with Gasteiger partial charge in [0.05, 0.1) is 6.26 Å². The van der Waals surface area contributed by atoms with Gasteiger partial charge in [0.2, 0.25) is 15.9 Å². The zero-order valence-corrected chi connectivity index (χ0v) is 12.7. The molecule has 0 aliphatic carbocycles. The van der Waals surface area contributed by atoms with E-state index in [1.807, 2.05) is 13.8 Å². The third kappa shape index (κ3) is 5.08. The van der Waals surface area contributed by atoms with Crippen molar-refractivity contribution >= 4 is 15.9 Å². The van der Waals surface area contributed by atoms with Crippen LogP contribution in [0.3, 0.4) is 0 Å². The summed E-state index contributed by atoms with van der Waals surface area (Å²) in [6.07, 6.45) is 3.22. The molecule has 0 radical (unpaired) electrons.